The van der Waals surface area contributed by atoms with Gasteiger partial charge < -0.3 is 18.9 Å². The molecule has 4 amide bonds. The van der Waals surface area contributed by atoms with Crippen LogP contribution >= 0.6 is 0 Å². The molecule has 0 radical (unpaired) electrons. The smallest absolute Gasteiger partial charge is 0.336 e. The van der Waals surface area contributed by atoms with E-state index in [4.69, 9.17) is 18.9 Å². The number of nitrogens with zero attached hydrogens (tertiary/aromatic N) is 1. The molecule has 2 aromatic rings. The summed E-state index contributed by atoms with van der Waals surface area (Å²) in [7, 11) is 5.76. The van der Waals surface area contributed by atoms with Gasteiger partial charge in [0.1, 0.15) is 11.3 Å². The average molecular weight is 412 g/mol. The van der Waals surface area contributed by atoms with Gasteiger partial charge in [-0.2, -0.15) is 0 Å². The maximum Gasteiger partial charge on any atom is 0.336 e. The molecule has 1 aliphatic rings. The normalized spacial score (nSPS) is 15.1. The summed E-state index contributed by atoms with van der Waals surface area (Å²) >= 11 is 0. The van der Waals surface area contributed by atoms with E-state index in [1.165, 1.54) is 34.5 Å². The molecule has 0 saturated carbocycles. The molecule has 0 bridgehead atoms. The lowest BCUT2D eigenvalue weighted by atomic mass is 10.0. The first-order valence-corrected chi connectivity index (χ1v) is 8.80. The van der Waals surface area contributed by atoms with Crippen molar-refractivity contribution in [2.75, 3.05) is 33.3 Å². The first kappa shape index (κ1) is 20.7. The predicted octanol–water partition coefficient (Wildman–Crippen LogP) is 2.39. The van der Waals surface area contributed by atoms with Crippen molar-refractivity contribution in [1.82, 2.24) is 5.32 Å². The van der Waals surface area contributed by atoms with E-state index >= 15 is 0 Å². The monoisotopic (exact) mass is 412 g/mol. The number of nitrogens with one attached hydrogen (secondary N) is 1. The van der Waals surface area contributed by atoms with Gasteiger partial charge in [-0.1, -0.05) is 12.1 Å². The number of anilines is 1. The van der Waals surface area contributed by atoms with Gasteiger partial charge in [0.2, 0.25) is 5.75 Å². The summed E-state index contributed by atoms with van der Waals surface area (Å²) in [6, 6.07) is 8.85. The topological polar surface area (TPSA) is 103 Å². The van der Waals surface area contributed by atoms with E-state index in [9.17, 15) is 14.4 Å². The van der Waals surface area contributed by atoms with Crippen LogP contribution in [0.15, 0.2) is 42.0 Å². The van der Waals surface area contributed by atoms with Crippen LogP contribution in [0.4, 0.5) is 10.5 Å². The van der Waals surface area contributed by atoms with Gasteiger partial charge in [-0.25, -0.2) is 9.69 Å². The van der Waals surface area contributed by atoms with Gasteiger partial charge in [-0.3, -0.25) is 14.9 Å². The summed E-state index contributed by atoms with van der Waals surface area (Å²) in [6.07, 6.45) is 1.33. The Kier molecular flexibility index (Phi) is 5.91. The summed E-state index contributed by atoms with van der Waals surface area (Å²) < 4.78 is 21.2. The third-order valence-electron chi connectivity index (χ3n) is 4.46. The van der Waals surface area contributed by atoms with E-state index < -0.39 is 17.8 Å². The molecule has 3 rings (SSSR count). The van der Waals surface area contributed by atoms with Gasteiger partial charge in [0.05, 0.1) is 34.1 Å². The van der Waals surface area contributed by atoms with Gasteiger partial charge in [-0.15, -0.1) is 0 Å². The predicted molar refractivity (Wildman–Crippen MR) is 108 cm³/mol. The van der Waals surface area contributed by atoms with Crippen LogP contribution < -0.4 is 29.2 Å². The molecule has 156 valence electrons. The molecule has 2 aromatic carbocycles. The quantitative estimate of drug-likeness (QED) is 0.574. The third-order valence-corrected chi connectivity index (χ3v) is 4.46. The number of methoxy groups -OCH3 is 4. The second-order valence-electron chi connectivity index (χ2n) is 6.05. The number of urea groups is 1. The molecular formula is C21H20N2O7. The number of ether oxygens (including phenoxy) is 4. The molecule has 1 fully saturated rings. The Balaban J connectivity index is 2.12. The van der Waals surface area contributed by atoms with Crippen molar-refractivity contribution in [2.45, 2.75) is 0 Å². The van der Waals surface area contributed by atoms with Crippen molar-refractivity contribution in [3.63, 3.8) is 0 Å². The number of imide groups is 2. The number of barbiturate groups is 1. The second kappa shape index (κ2) is 8.56. The molecule has 0 aromatic heterocycles. The van der Waals surface area contributed by atoms with Crippen molar-refractivity contribution < 1.29 is 33.3 Å². The Morgan fingerprint density at radius 1 is 0.800 bits per heavy atom. The molecule has 1 saturated heterocycles. The van der Waals surface area contributed by atoms with Crippen LogP contribution in [0.3, 0.4) is 0 Å². The number of carbonyl (C=O) groups excluding carboxylic acids is 3. The van der Waals surface area contributed by atoms with Crippen molar-refractivity contribution in [3.8, 4) is 23.0 Å². The zero-order chi connectivity index (χ0) is 21.8. The fraction of sp³-hybridized carbons (Fsp3) is 0.190. The van der Waals surface area contributed by atoms with Crippen LogP contribution in [0.25, 0.3) is 6.08 Å². The van der Waals surface area contributed by atoms with Crippen LogP contribution in [0, 0.1) is 0 Å². The number of hydrogen-bond acceptors (Lipinski definition) is 7. The summed E-state index contributed by atoms with van der Waals surface area (Å²) in [5.41, 5.74) is 0.342. The van der Waals surface area contributed by atoms with Crippen molar-refractivity contribution in [2.24, 2.45) is 0 Å². The molecule has 0 atom stereocenters. The van der Waals surface area contributed by atoms with E-state index in [1.54, 1.807) is 36.4 Å². The number of hydrogen-bond donors (Lipinski definition) is 1. The van der Waals surface area contributed by atoms with Crippen molar-refractivity contribution >= 4 is 29.6 Å². The van der Waals surface area contributed by atoms with E-state index in [0.29, 0.717) is 22.8 Å². The van der Waals surface area contributed by atoms with Gasteiger partial charge in [0.25, 0.3) is 11.8 Å². The Morgan fingerprint density at radius 3 is 2.10 bits per heavy atom. The standard InChI is InChI=1S/C21H20N2O7/c1-27-15-8-6-5-7-14(15)23-20(25)13(19(24)22-21(23)26)11-12-9-10-16(28-2)18(30-4)17(12)29-3/h5-11H,1-4H3,(H,22,24,26)/b13-11-. The number of amides is 4. The minimum Gasteiger partial charge on any atom is -0.495 e. The Labute approximate surface area is 172 Å². The lowest BCUT2D eigenvalue weighted by Gasteiger charge is -2.27. The third kappa shape index (κ3) is 3.52. The SMILES string of the molecule is COc1ccccc1N1C(=O)NC(=O)/C(=C/c2ccc(OC)c(OC)c2OC)C1=O. The van der Waals surface area contributed by atoms with Gasteiger partial charge in [0.15, 0.2) is 11.5 Å². The Bertz CT molecular complexity index is 1050. The molecule has 9 heteroatoms. The molecule has 1 heterocycles. The van der Waals surface area contributed by atoms with E-state index in [0.717, 1.165) is 4.90 Å². The molecule has 1 N–H and O–H groups in total. The maximum absolute atomic E-state index is 13.1. The lowest BCUT2D eigenvalue weighted by Crippen LogP contribution is -2.54. The van der Waals surface area contributed by atoms with E-state index in [2.05, 4.69) is 5.32 Å². The van der Waals surface area contributed by atoms with Crippen LogP contribution in [-0.4, -0.2) is 46.3 Å². The zero-order valence-electron chi connectivity index (χ0n) is 16.8. The van der Waals surface area contributed by atoms with Gasteiger partial charge >= 0.3 is 6.03 Å². The van der Waals surface area contributed by atoms with Crippen LogP contribution in [0.5, 0.6) is 23.0 Å². The van der Waals surface area contributed by atoms with E-state index in [1.807, 2.05) is 0 Å². The highest BCUT2D eigenvalue weighted by atomic mass is 16.5. The van der Waals surface area contributed by atoms with Crippen molar-refractivity contribution in [1.29, 1.82) is 0 Å². The summed E-state index contributed by atoms with van der Waals surface area (Å²) in [5.74, 6) is -0.334. The average Bonchev–Trinajstić information content (AvgIpc) is 2.76. The number of carbonyl (C=O) groups is 3. The molecule has 30 heavy (non-hydrogen) atoms. The van der Waals surface area contributed by atoms with Gasteiger partial charge in [-0.05, 0) is 30.3 Å². The first-order valence-electron chi connectivity index (χ1n) is 8.80. The molecule has 0 unspecified atom stereocenters. The number of rotatable bonds is 6. The Hall–Kier alpha value is -4.01. The summed E-state index contributed by atoms with van der Waals surface area (Å²) in [5, 5.41) is 2.18. The van der Waals surface area contributed by atoms with Crippen LogP contribution in [-0.2, 0) is 9.59 Å². The van der Waals surface area contributed by atoms with Crippen molar-refractivity contribution in [3.05, 3.63) is 47.5 Å². The summed E-state index contributed by atoms with van der Waals surface area (Å²) in [6.45, 7) is 0. The number of benzene rings is 2. The molecule has 0 spiro atoms. The molecule has 1 aliphatic heterocycles. The number of para-hydroxylation sites is 2. The van der Waals surface area contributed by atoms with E-state index in [-0.39, 0.29) is 17.0 Å². The summed E-state index contributed by atoms with van der Waals surface area (Å²) in [4.78, 5) is 38.8. The molecule has 9 nitrogen and oxygen atoms in total. The first-order chi connectivity index (χ1) is 14.5. The maximum atomic E-state index is 13.1. The highest BCUT2D eigenvalue weighted by molar-refractivity contribution is 6.39. The zero-order valence-corrected chi connectivity index (χ0v) is 16.8. The Morgan fingerprint density at radius 2 is 1.47 bits per heavy atom. The largest absolute Gasteiger partial charge is 0.495 e. The molecular weight excluding hydrogens is 392 g/mol. The fourth-order valence-corrected chi connectivity index (χ4v) is 3.08. The minimum absolute atomic E-state index is 0.208. The lowest BCUT2D eigenvalue weighted by molar-refractivity contribution is -0.122. The second-order valence-corrected chi connectivity index (χ2v) is 6.05. The highest BCUT2D eigenvalue weighted by Gasteiger charge is 2.38. The highest BCUT2D eigenvalue weighted by Crippen LogP contribution is 2.41. The minimum atomic E-state index is -0.870. The van der Waals surface area contributed by atoms with Gasteiger partial charge in [0, 0.05) is 5.56 Å². The van der Waals surface area contributed by atoms with Crippen LogP contribution in [0.2, 0.25) is 0 Å². The fourth-order valence-electron chi connectivity index (χ4n) is 3.08. The molecule has 0 aliphatic carbocycles. The van der Waals surface area contributed by atoms with Crippen LogP contribution in [0.1, 0.15) is 5.56 Å².